The molecular weight excluding hydrogens is 237 g/mol. The van der Waals surface area contributed by atoms with Crippen LogP contribution in [0.1, 0.15) is 12.8 Å². The minimum absolute atomic E-state index is 0.00641. The highest BCUT2D eigenvalue weighted by atomic mass is 19.1. The summed E-state index contributed by atoms with van der Waals surface area (Å²) in [5, 5.41) is 16.9. The molecule has 0 saturated carbocycles. The van der Waals surface area contributed by atoms with Gasteiger partial charge in [0.15, 0.2) is 5.82 Å². The number of para-hydroxylation sites is 1. The summed E-state index contributed by atoms with van der Waals surface area (Å²) < 4.78 is 13.6. The van der Waals surface area contributed by atoms with E-state index in [-0.39, 0.29) is 11.4 Å². The molecule has 0 aromatic heterocycles. The summed E-state index contributed by atoms with van der Waals surface area (Å²) in [5.74, 6) is -0.189. The molecule has 1 saturated heterocycles. The van der Waals surface area contributed by atoms with Gasteiger partial charge in [0, 0.05) is 12.6 Å². The molecule has 0 bridgehead atoms. The Bertz CT molecular complexity index is 433. The van der Waals surface area contributed by atoms with E-state index in [1.165, 1.54) is 18.2 Å². The molecule has 5 nitrogen and oxygen atoms in total. The molecule has 2 N–H and O–H groups in total. The number of hydrogen-bond donors (Lipinski definition) is 2. The Hall–Kier alpha value is -1.69. The van der Waals surface area contributed by atoms with Gasteiger partial charge in [0.1, 0.15) is 5.69 Å². The van der Waals surface area contributed by atoms with Crippen molar-refractivity contribution in [2.24, 2.45) is 5.92 Å². The molecule has 18 heavy (non-hydrogen) atoms. The van der Waals surface area contributed by atoms with Crippen LogP contribution in [0.25, 0.3) is 0 Å². The molecule has 1 heterocycles. The monoisotopic (exact) mass is 253 g/mol. The van der Waals surface area contributed by atoms with Crippen LogP contribution in [-0.2, 0) is 0 Å². The Morgan fingerprint density at radius 1 is 1.56 bits per heavy atom. The third-order valence-electron chi connectivity index (χ3n) is 3.15. The second-order valence-electron chi connectivity index (χ2n) is 4.48. The summed E-state index contributed by atoms with van der Waals surface area (Å²) in [6.07, 6.45) is 2.15. The normalized spacial score (nSPS) is 19.5. The van der Waals surface area contributed by atoms with Gasteiger partial charge >= 0.3 is 0 Å². The lowest BCUT2D eigenvalue weighted by molar-refractivity contribution is -0.384. The lowest BCUT2D eigenvalue weighted by Crippen LogP contribution is -2.33. The van der Waals surface area contributed by atoms with Crippen molar-refractivity contribution in [2.45, 2.75) is 12.8 Å². The molecule has 0 amide bonds. The number of nitrogens with zero attached hydrogens (tertiary/aromatic N) is 1. The summed E-state index contributed by atoms with van der Waals surface area (Å²) in [4.78, 5) is 10.2. The molecular formula is C12H16FN3O2. The first-order valence-corrected chi connectivity index (χ1v) is 6.06. The van der Waals surface area contributed by atoms with Gasteiger partial charge < -0.3 is 10.6 Å². The van der Waals surface area contributed by atoms with Gasteiger partial charge in [0.2, 0.25) is 0 Å². The van der Waals surface area contributed by atoms with Crippen LogP contribution in [-0.4, -0.2) is 24.6 Å². The molecule has 1 atom stereocenters. The predicted molar refractivity (Wildman–Crippen MR) is 67.1 cm³/mol. The lowest BCUT2D eigenvalue weighted by atomic mass is 9.99. The quantitative estimate of drug-likeness (QED) is 0.637. The van der Waals surface area contributed by atoms with Crippen LogP contribution < -0.4 is 10.6 Å². The van der Waals surface area contributed by atoms with Gasteiger partial charge in [-0.3, -0.25) is 10.1 Å². The van der Waals surface area contributed by atoms with E-state index in [0.717, 1.165) is 25.9 Å². The summed E-state index contributed by atoms with van der Waals surface area (Å²) >= 11 is 0. The van der Waals surface area contributed by atoms with Gasteiger partial charge in [-0.05, 0) is 37.9 Å². The van der Waals surface area contributed by atoms with Gasteiger partial charge in [-0.15, -0.1) is 0 Å². The zero-order chi connectivity index (χ0) is 13.0. The van der Waals surface area contributed by atoms with Gasteiger partial charge in [-0.1, -0.05) is 6.07 Å². The Balaban J connectivity index is 2.05. The number of rotatable bonds is 4. The van der Waals surface area contributed by atoms with Crippen LogP contribution >= 0.6 is 0 Å². The molecule has 1 aliphatic rings. The first-order chi connectivity index (χ1) is 8.68. The number of nitrogens with one attached hydrogen (secondary N) is 2. The van der Waals surface area contributed by atoms with Crippen molar-refractivity contribution in [3.8, 4) is 0 Å². The van der Waals surface area contributed by atoms with Crippen LogP contribution in [0.15, 0.2) is 18.2 Å². The van der Waals surface area contributed by atoms with Crippen molar-refractivity contribution in [2.75, 3.05) is 25.0 Å². The molecule has 0 aliphatic carbocycles. The molecule has 0 spiro atoms. The first kappa shape index (κ1) is 12.8. The van der Waals surface area contributed by atoms with E-state index in [1.807, 2.05) is 0 Å². The van der Waals surface area contributed by atoms with E-state index in [4.69, 9.17) is 0 Å². The number of anilines is 1. The van der Waals surface area contributed by atoms with E-state index in [9.17, 15) is 14.5 Å². The molecule has 1 aliphatic heterocycles. The minimum Gasteiger partial charge on any atom is -0.377 e. The van der Waals surface area contributed by atoms with Gasteiger partial charge in [-0.2, -0.15) is 0 Å². The fourth-order valence-electron chi connectivity index (χ4n) is 2.18. The third kappa shape index (κ3) is 2.95. The lowest BCUT2D eigenvalue weighted by Gasteiger charge is -2.23. The van der Waals surface area contributed by atoms with E-state index < -0.39 is 10.7 Å². The molecule has 0 radical (unpaired) electrons. The Labute approximate surface area is 105 Å². The largest absolute Gasteiger partial charge is 0.377 e. The Kier molecular flexibility index (Phi) is 4.09. The predicted octanol–water partition coefficient (Wildman–Crippen LogP) is 2.15. The van der Waals surface area contributed by atoms with E-state index in [2.05, 4.69) is 10.6 Å². The number of nitro benzene ring substituents is 1. The summed E-state index contributed by atoms with van der Waals surface area (Å²) in [6.45, 7) is 2.43. The molecule has 98 valence electrons. The highest BCUT2D eigenvalue weighted by Gasteiger charge is 2.19. The van der Waals surface area contributed by atoms with Crippen molar-refractivity contribution in [3.05, 3.63) is 34.1 Å². The van der Waals surface area contributed by atoms with Crippen molar-refractivity contribution in [1.82, 2.24) is 5.32 Å². The van der Waals surface area contributed by atoms with Crippen LogP contribution in [0.5, 0.6) is 0 Å². The number of halogens is 1. The van der Waals surface area contributed by atoms with E-state index in [0.29, 0.717) is 12.5 Å². The summed E-state index contributed by atoms with van der Waals surface area (Å²) in [6, 6.07) is 3.89. The van der Waals surface area contributed by atoms with Gasteiger partial charge in [0.05, 0.1) is 4.92 Å². The summed E-state index contributed by atoms with van der Waals surface area (Å²) in [5.41, 5.74) is -0.216. The van der Waals surface area contributed by atoms with Gasteiger partial charge in [-0.25, -0.2) is 4.39 Å². The minimum atomic E-state index is -0.576. The molecule has 6 heteroatoms. The zero-order valence-electron chi connectivity index (χ0n) is 9.99. The highest BCUT2D eigenvalue weighted by molar-refractivity contribution is 5.62. The standard InChI is InChI=1S/C12H16FN3O2/c13-10-4-1-5-11(16(17)18)12(10)15-8-9-3-2-6-14-7-9/h1,4-5,9,14-15H,2-3,6-8H2. The molecule has 1 unspecified atom stereocenters. The highest BCUT2D eigenvalue weighted by Crippen LogP contribution is 2.27. The van der Waals surface area contributed by atoms with Crippen LogP contribution in [0.4, 0.5) is 15.8 Å². The topological polar surface area (TPSA) is 67.2 Å². The van der Waals surface area contributed by atoms with Gasteiger partial charge in [0.25, 0.3) is 5.69 Å². The zero-order valence-corrected chi connectivity index (χ0v) is 9.99. The van der Waals surface area contributed by atoms with E-state index in [1.54, 1.807) is 0 Å². The maximum atomic E-state index is 13.6. The molecule has 1 aromatic rings. The second kappa shape index (κ2) is 5.77. The maximum absolute atomic E-state index is 13.6. The van der Waals surface area contributed by atoms with Crippen molar-refractivity contribution in [3.63, 3.8) is 0 Å². The average molecular weight is 253 g/mol. The Morgan fingerprint density at radius 3 is 3.06 bits per heavy atom. The van der Waals surface area contributed by atoms with Crippen molar-refractivity contribution in [1.29, 1.82) is 0 Å². The number of nitro groups is 1. The van der Waals surface area contributed by atoms with Crippen LogP contribution in [0.3, 0.4) is 0 Å². The number of benzene rings is 1. The van der Waals surface area contributed by atoms with Crippen molar-refractivity contribution < 1.29 is 9.31 Å². The third-order valence-corrected chi connectivity index (χ3v) is 3.15. The Morgan fingerprint density at radius 2 is 2.39 bits per heavy atom. The average Bonchev–Trinajstić information content (AvgIpc) is 2.38. The summed E-state index contributed by atoms with van der Waals surface area (Å²) in [7, 11) is 0. The molecule has 1 fully saturated rings. The van der Waals surface area contributed by atoms with Crippen LogP contribution in [0, 0.1) is 21.8 Å². The fraction of sp³-hybridized carbons (Fsp3) is 0.500. The molecule has 1 aromatic carbocycles. The van der Waals surface area contributed by atoms with Crippen LogP contribution in [0.2, 0.25) is 0 Å². The SMILES string of the molecule is O=[N+]([O-])c1cccc(F)c1NCC1CCCNC1. The first-order valence-electron chi connectivity index (χ1n) is 6.06. The van der Waals surface area contributed by atoms with E-state index >= 15 is 0 Å². The maximum Gasteiger partial charge on any atom is 0.295 e. The number of hydrogen-bond acceptors (Lipinski definition) is 4. The molecule has 2 rings (SSSR count). The smallest absolute Gasteiger partial charge is 0.295 e. The number of piperidine rings is 1. The van der Waals surface area contributed by atoms with Crippen molar-refractivity contribution >= 4 is 11.4 Å². The second-order valence-corrected chi connectivity index (χ2v) is 4.48. The fourth-order valence-corrected chi connectivity index (χ4v) is 2.18.